The number of nitrogens with one attached hydrogen (secondary N) is 3. The lowest BCUT2D eigenvalue weighted by atomic mass is 9.91. The first-order chi connectivity index (χ1) is 19.3. The highest BCUT2D eigenvalue weighted by atomic mass is 19.1. The van der Waals surface area contributed by atoms with Crippen molar-refractivity contribution >= 4 is 11.9 Å². The number of ether oxygens (including phenoxy) is 2. The molecular weight excluding hydrogens is 518 g/mol. The van der Waals surface area contributed by atoms with Gasteiger partial charge in [-0.2, -0.15) is 0 Å². The van der Waals surface area contributed by atoms with E-state index in [2.05, 4.69) is 32.2 Å². The molecule has 11 heteroatoms. The first kappa shape index (κ1) is 27.1. The second-order valence-corrected chi connectivity index (χ2v) is 9.61. The molecule has 0 aliphatic carbocycles. The average molecular weight is 547 g/mol. The molecule has 2 aromatic carbocycles. The van der Waals surface area contributed by atoms with Crippen LogP contribution in [0.2, 0.25) is 0 Å². The van der Waals surface area contributed by atoms with Crippen molar-refractivity contribution in [1.82, 2.24) is 25.3 Å². The average Bonchev–Trinajstić information content (AvgIpc) is 3.42. The summed E-state index contributed by atoms with van der Waals surface area (Å²) in [4.78, 5) is 29.5. The monoisotopic (exact) mass is 546 g/mol. The van der Waals surface area contributed by atoms with Crippen molar-refractivity contribution in [1.29, 1.82) is 0 Å². The number of nitrogens with zero attached hydrogens (tertiary/aromatic N) is 3. The molecule has 3 heterocycles. The molecule has 2 aromatic heterocycles. The normalized spacial score (nSPS) is 18.7. The van der Waals surface area contributed by atoms with Crippen LogP contribution in [0, 0.1) is 17.0 Å². The number of benzene rings is 2. The quantitative estimate of drug-likeness (QED) is 0.259. The maximum absolute atomic E-state index is 13.7. The van der Waals surface area contributed by atoms with Crippen molar-refractivity contribution in [3.63, 3.8) is 0 Å². The van der Waals surface area contributed by atoms with Gasteiger partial charge in [0, 0.05) is 24.8 Å². The molecule has 9 nitrogen and oxygen atoms in total. The molecule has 1 amide bonds. The van der Waals surface area contributed by atoms with Crippen LogP contribution in [0.5, 0.6) is 0 Å². The molecule has 1 fully saturated rings. The van der Waals surface area contributed by atoms with Crippen LogP contribution in [0.15, 0.2) is 73.4 Å². The van der Waals surface area contributed by atoms with Gasteiger partial charge in [0.2, 0.25) is 18.1 Å². The molecule has 3 N–H and O–H groups in total. The van der Waals surface area contributed by atoms with E-state index in [0.717, 1.165) is 5.56 Å². The minimum atomic E-state index is -0.869. The number of aromatic amines is 1. The van der Waals surface area contributed by atoms with E-state index in [0.29, 0.717) is 47.5 Å². The highest BCUT2D eigenvalue weighted by Gasteiger charge is 2.40. The number of amides is 1. The number of H-pyrrole nitrogens is 1. The fourth-order valence-electron chi connectivity index (χ4n) is 4.15. The van der Waals surface area contributed by atoms with Crippen molar-refractivity contribution in [2.75, 3.05) is 25.1 Å². The van der Waals surface area contributed by atoms with Gasteiger partial charge in [0.15, 0.2) is 5.82 Å². The third-order valence-electron chi connectivity index (χ3n) is 6.40. The number of aromatic nitrogens is 4. The number of rotatable bonds is 9. The molecular formula is C29H28F2N6O3. The van der Waals surface area contributed by atoms with Crippen LogP contribution in [0.25, 0.3) is 22.6 Å². The Morgan fingerprint density at radius 1 is 1.07 bits per heavy atom. The smallest absolute Gasteiger partial charge is 0.230 e. The molecule has 0 bridgehead atoms. The molecule has 4 aromatic rings. The Hall–Kier alpha value is -4.48. The second kappa shape index (κ2) is 11.7. The van der Waals surface area contributed by atoms with Gasteiger partial charge in [-0.05, 0) is 55.0 Å². The zero-order chi connectivity index (χ0) is 28.1. The van der Waals surface area contributed by atoms with Gasteiger partial charge in [-0.25, -0.2) is 23.7 Å². The number of hydrogen-bond acceptors (Lipinski definition) is 7. The number of anilines is 1. The third kappa shape index (κ3) is 6.05. The van der Waals surface area contributed by atoms with Crippen molar-refractivity contribution in [3.8, 4) is 22.6 Å². The lowest BCUT2D eigenvalue weighted by Crippen LogP contribution is -2.48. The van der Waals surface area contributed by atoms with Gasteiger partial charge < -0.3 is 25.1 Å². The summed E-state index contributed by atoms with van der Waals surface area (Å²) in [5.74, 6) is -0.142. The first-order valence-corrected chi connectivity index (χ1v) is 12.6. The van der Waals surface area contributed by atoms with Crippen LogP contribution in [-0.2, 0) is 20.8 Å². The highest BCUT2D eigenvalue weighted by Crippen LogP contribution is 2.35. The largest absolute Gasteiger partial charge is 0.352 e. The van der Waals surface area contributed by atoms with Gasteiger partial charge >= 0.3 is 0 Å². The number of carbonyl (C=O) groups is 1. The lowest BCUT2D eigenvalue weighted by Gasteiger charge is -2.35. The van der Waals surface area contributed by atoms with Crippen molar-refractivity contribution < 1.29 is 23.0 Å². The Balaban J connectivity index is 1.40. The van der Waals surface area contributed by atoms with E-state index in [-0.39, 0.29) is 30.8 Å². The van der Waals surface area contributed by atoms with Crippen LogP contribution in [0.3, 0.4) is 0 Å². The fourth-order valence-corrected chi connectivity index (χ4v) is 4.15. The van der Waals surface area contributed by atoms with Gasteiger partial charge in [0.1, 0.15) is 11.6 Å². The van der Waals surface area contributed by atoms with Gasteiger partial charge in [0.05, 0.1) is 35.7 Å². The van der Waals surface area contributed by atoms with Gasteiger partial charge in [-0.1, -0.05) is 18.2 Å². The Labute approximate surface area is 229 Å². The molecule has 40 heavy (non-hydrogen) atoms. The molecule has 206 valence electrons. The van der Waals surface area contributed by atoms with Crippen molar-refractivity contribution in [2.45, 2.75) is 19.8 Å². The van der Waals surface area contributed by atoms with Crippen molar-refractivity contribution in [2.24, 2.45) is 5.41 Å². The number of carbonyl (C=O) groups excluding carboxylic acids is 1. The lowest BCUT2D eigenvalue weighted by molar-refractivity contribution is -0.230. The third-order valence-corrected chi connectivity index (χ3v) is 6.40. The summed E-state index contributed by atoms with van der Waals surface area (Å²) in [6, 6.07) is 13.8. The standard InChI is InChI=1S/C29H28F2N6O3/c1-3-13-32-27(38)29(2)16-39-26(40-17-29)25-36-23(19-6-10-21(31)11-7-19)24(37-25)22-12-14-33-28(35-22)34-15-18-4-8-20(30)9-5-18/h3-12,14,26H,1,13,15-17H2,2H3,(H,32,38)(H,36,37)(H,33,34,35). The Bertz CT molecular complexity index is 1480. The van der Waals surface area contributed by atoms with Crippen LogP contribution in [-0.4, -0.2) is 45.6 Å². The molecule has 5 rings (SSSR count). The first-order valence-electron chi connectivity index (χ1n) is 12.6. The van der Waals surface area contributed by atoms with Crippen LogP contribution < -0.4 is 10.6 Å². The number of imidazole rings is 1. The molecule has 0 saturated carbocycles. The minimum Gasteiger partial charge on any atom is -0.352 e. The summed E-state index contributed by atoms with van der Waals surface area (Å²) in [6.45, 7) is 6.36. The van der Waals surface area contributed by atoms with E-state index in [1.54, 1.807) is 49.5 Å². The molecule has 1 aliphatic heterocycles. The minimum absolute atomic E-state index is 0.119. The summed E-state index contributed by atoms with van der Waals surface area (Å²) in [5, 5.41) is 5.92. The number of hydrogen-bond donors (Lipinski definition) is 3. The molecule has 0 radical (unpaired) electrons. The predicted molar refractivity (Wildman–Crippen MR) is 145 cm³/mol. The zero-order valence-corrected chi connectivity index (χ0v) is 21.8. The summed E-state index contributed by atoms with van der Waals surface area (Å²) >= 11 is 0. The van der Waals surface area contributed by atoms with E-state index < -0.39 is 11.7 Å². The van der Waals surface area contributed by atoms with Crippen molar-refractivity contribution in [3.05, 3.63) is 96.5 Å². The maximum atomic E-state index is 13.7. The van der Waals surface area contributed by atoms with E-state index in [4.69, 9.17) is 14.5 Å². The van der Waals surface area contributed by atoms with Gasteiger partial charge in [-0.15, -0.1) is 6.58 Å². The molecule has 0 atom stereocenters. The number of halogens is 2. The van der Waals surface area contributed by atoms with Crippen LogP contribution >= 0.6 is 0 Å². The maximum Gasteiger partial charge on any atom is 0.230 e. The summed E-state index contributed by atoms with van der Waals surface area (Å²) in [6.07, 6.45) is 2.35. The zero-order valence-electron chi connectivity index (χ0n) is 21.8. The predicted octanol–water partition coefficient (Wildman–Crippen LogP) is 4.78. The van der Waals surface area contributed by atoms with Crippen LogP contribution in [0.4, 0.5) is 14.7 Å². The fraction of sp³-hybridized carbons (Fsp3) is 0.241. The second-order valence-electron chi connectivity index (χ2n) is 9.61. The topological polar surface area (TPSA) is 114 Å². The molecule has 0 spiro atoms. The van der Waals surface area contributed by atoms with E-state index >= 15 is 0 Å². The summed E-state index contributed by atoms with van der Waals surface area (Å²) in [7, 11) is 0. The Kier molecular flexibility index (Phi) is 7.94. The van der Waals surface area contributed by atoms with E-state index in [1.165, 1.54) is 24.3 Å². The Morgan fingerprint density at radius 2 is 1.75 bits per heavy atom. The molecule has 1 aliphatic rings. The summed E-state index contributed by atoms with van der Waals surface area (Å²) in [5.41, 5.74) is 2.25. The highest BCUT2D eigenvalue weighted by molar-refractivity contribution is 5.82. The Morgan fingerprint density at radius 3 is 2.42 bits per heavy atom. The summed E-state index contributed by atoms with van der Waals surface area (Å²) < 4.78 is 38.8. The van der Waals surface area contributed by atoms with E-state index in [9.17, 15) is 13.6 Å². The van der Waals surface area contributed by atoms with Gasteiger partial charge in [0.25, 0.3) is 0 Å². The molecule has 0 unspecified atom stereocenters. The van der Waals surface area contributed by atoms with Gasteiger partial charge in [-0.3, -0.25) is 4.79 Å². The molecule has 1 saturated heterocycles. The van der Waals surface area contributed by atoms with Crippen LogP contribution in [0.1, 0.15) is 24.6 Å². The van der Waals surface area contributed by atoms with E-state index in [1.807, 2.05) is 0 Å². The SMILES string of the molecule is C=CCNC(=O)C1(C)COC(c2nc(-c3ccc(F)cc3)c(-c3ccnc(NCc4ccc(F)cc4)n3)[nH]2)OC1.